The summed E-state index contributed by atoms with van der Waals surface area (Å²) in [4.78, 5) is 5.12. The minimum absolute atomic E-state index is 0.722. The van der Waals surface area contributed by atoms with E-state index < -0.39 is 0 Å². The zero-order valence-electron chi connectivity index (χ0n) is 10.4. The summed E-state index contributed by atoms with van der Waals surface area (Å²) in [6.45, 7) is 1.88. The van der Waals surface area contributed by atoms with E-state index in [1.54, 1.807) is 7.11 Å². The summed E-state index contributed by atoms with van der Waals surface area (Å²) in [5.41, 5.74) is 2.09. The Hall–Kier alpha value is -1.86. The molecule has 2 rings (SSSR count). The number of thiazole rings is 1. The number of methoxy groups -OCH3 is 1. The molecule has 1 heterocycles. The number of nitriles is 1. The molecule has 1 aromatic carbocycles. The van der Waals surface area contributed by atoms with Crippen LogP contribution in [0, 0.1) is 18.3 Å². The number of ether oxygens (including phenoxy) is 1. The predicted molar refractivity (Wildman–Crippen MR) is 72.0 cm³/mol. The summed E-state index contributed by atoms with van der Waals surface area (Å²) >= 11 is 1.49. The van der Waals surface area contributed by atoms with Gasteiger partial charge in [0.2, 0.25) is 0 Å². The molecule has 0 bridgehead atoms. The Labute approximate surface area is 111 Å². The molecule has 0 unspecified atom stereocenters. The van der Waals surface area contributed by atoms with Crippen LogP contribution in [0.5, 0.6) is 5.75 Å². The van der Waals surface area contributed by atoms with Gasteiger partial charge in [0, 0.05) is 6.42 Å². The van der Waals surface area contributed by atoms with E-state index in [9.17, 15) is 0 Å². The second kappa shape index (κ2) is 5.65. The molecule has 3 nitrogen and oxygen atoms in total. The van der Waals surface area contributed by atoms with Crippen LogP contribution >= 0.6 is 11.3 Å². The van der Waals surface area contributed by atoms with Crippen LogP contribution in [0.15, 0.2) is 24.3 Å². The van der Waals surface area contributed by atoms with Crippen molar-refractivity contribution in [2.75, 3.05) is 7.11 Å². The summed E-state index contributed by atoms with van der Waals surface area (Å²) in [7, 11) is 1.66. The Morgan fingerprint density at radius 1 is 1.28 bits per heavy atom. The van der Waals surface area contributed by atoms with E-state index >= 15 is 0 Å². The average Bonchev–Trinajstić information content (AvgIpc) is 2.77. The van der Waals surface area contributed by atoms with E-state index in [2.05, 4.69) is 23.2 Å². The lowest BCUT2D eigenvalue weighted by Gasteiger charge is -2.02. The van der Waals surface area contributed by atoms with Crippen molar-refractivity contribution in [1.82, 2.24) is 4.98 Å². The van der Waals surface area contributed by atoms with Gasteiger partial charge in [-0.15, -0.1) is 11.3 Å². The fourth-order valence-corrected chi connectivity index (χ4v) is 2.57. The molecule has 92 valence electrons. The van der Waals surface area contributed by atoms with Gasteiger partial charge in [-0.25, -0.2) is 4.98 Å². The Morgan fingerprint density at radius 3 is 2.56 bits per heavy atom. The molecule has 0 aliphatic rings. The van der Waals surface area contributed by atoms with Crippen molar-refractivity contribution in [2.24, 2.45) is 0 Å². The van der Waals surface area contributed by atoms with Gasteiger partial charge in [-0.05, 0) is 31.0 Å². The minimum Gasteiger partial charge on any atom is -0.497 e. The average molecular weight is 258 g/mol. The lowest BCUT2D eigenvalue weighted by Crippen LogP contribution is -1.91. The topological polar surface area (TPSA) is 45.9 Å². The number of aryl methyl sites for hydroxylation is 3. The smallest absolute Gasteiger partial charge is 0.127 e. The van der Waals surface area contributed by atoms with Gasteiger partial charge >= 0.3 is 0 Å². The van der Waals surface area contributed by atoms with Crippen molar-refractivity contribution < 1.29 is 4.74 Å². The molecular weight excluding hydrogens is 244 g/mol. The first kappa shape index (κ1) is 12.6. The highest BCUT2D eigenvalue weighted by atomic mass is 32.1. The molecular formula is C14H14N2OS. The maximum Gasteiger partial charge on any atom is 0.127 e. The molecule has 0 N–H and O–H groups in total. The van der Waals surface area contributed by atoms with Crippen LogP contribution < -0.4 is 4.74 Å². The third-order valence-corrected chi connectivity index (χ3v) is 3.85. The van der Waals surface area contributed by atoms with Crippen LogP contribution in [0.1, 0.15) is 21.1 Å². The van der Waals surface area contributed by atoms with Crippen LogP contribution in [0.3, 0.4) is 0 Å². The fourth-order valence-electron chi connectivity index (χ4n) is 1.71. The van der Waals surface area contributed by atoms with E-state index in [1.807, 2.05) is 19.1 Å². The SMILES string of the molecule is COc1ccc(CCc2nc(C)c(C#N)s2)cc1. The van der Waals surface area contributed by atoms with E-state index in [-0.39, 0.29) is 0 Å². The Bertz CT molecular complexity index is 566. The van der Waals surface area contributed by atoms with Crippen molar-refractivity contribution in [3.63, 3.8) is 0 Å². The third-order valence-electron chi connectivity index (χ3n) is 2.73. The Kier molecular flexibility index (Phi) is 3.96. The lowest BCUT2D eigenvalue weighted by molar-refractivity contribution is 0.414. The summed E-state index contributed by atoms with van der Waals surface area (Å²) in [5, 5.41) is 9.91. The number of benzene rings is 1. The fraction of sp³-hybridized carbons (Fsp3) is 0.286. The number of nitrogens with zero attached hydrogens (tertiary/aromatic N) is 2. The second-order valence-corrected chi connectivity index (χ2v) is 5.07. The number of rotatable bonds is 4. The highest BCUT2D eigenvalue weighted by Crippen LogP contribution is 2.19. The standard InChI is InChI=1S/C14H14N2OS/c1-10-13(9-15)18-14(16-10)8-5-11-3-6-12(17-2)7-4-11/h3-4,6-7H,5,8H2,1-2H3. The van der Waals surface area contributed by atoms with Crippen LogP contribution in [-0.2, 0) is 12.8 Å². The van der Waals surface area contributed by atoms with Gasteiger partial charge in [0.15, 0.2) is 0 Å². The quantitative estimate of drug-likeness (QED) is 0.846. The molecule has 0 fully saturated rings. The maximum atomic E-state index is 8.88. The monoisotopic (exact) mass is 258 g/mol. The Balaban J connectivity index is 2.00. The van der Waals surface area contributed by atoms with E-state index in [0.29, 0.717) is 0 Å². The summed E-state index contributed by atoms with van der Waals surface area (Å²) in [6, 6.07) is 10.2. The van der Waals surface area contributed by atoms with E-state index in [1.165, 1.54) is 16.9 Å². The highest BCUT2D eigenvalue weighted by molar-refractivity contribution is 7.12. The molecule has 1 aromatic heterocycles. The lowest BCUT2D eigenvalue weighted by atomic mass is 10.1. The summed E-state index contributed by atoms with van der Waals surface area (Å²) < 4.78 is 5.12. The van der Waals surface area contributed by atoms with Gasteiger partial charge in [0.05, 0.1) is 17.8 Å². The van der Waals surface area contributed by atoms with Gasteiger partial charge in [-0.3, -0.25) is 0 Å². The van der Waals surface area contributed by atoms with E-state index in [0.717, 1.165) is 34.2 Å². The molecule has 0 spiro atoms. The zero-order chi connectivity index (χ0) is 13.0. The number of hydrogen-bond acceptors (Lipinski definition) is 4. The van der Waals surface area contributed by atoms with Crippen molar-refractivity contribution >= 4 is 11.3 Å². The Morgan fingerprint density at radius 2 is 2.00 bits per heavy atom. The van der Waals surface area contributed by atoms with Crippen LogP contribution in [-0.4, -0.2) is 12.1 Å². The van der Waals surface area contributed by atoms with Crippen LogP contribution in [0.2, 0.25) is 0 Å². The molecule has 18 heavy (non-hydrogen) atoms. The molecule has 0 aliphatic carbocycles. The van der Waals surface area contributed by atoms with Crippen molar-refractivity contribution in [3.8, 4) is 11.8 Å². The molecule has 0 saturated heterocycles. The molecule has 4 heteroatoms. The van der Waals surface area contributed by atoms with Gasteiger partial charge in [-0.2, -0.15) is 5.26 Å². The molecule has 0 radical (unpaired) electrons. The molecule has 0 aliphatic heterocycles. The van der Waals surface area contributed by atoms with Crippen molar-refractivity contribution in [2.45, 2.75) is 19.8 Å². The molecule has 0 atom stereocenters. The summed E-state index contributed by atoms with van der Waals surface area (Å²) in [6.07, 6.45) is 1.81. The number of aromatic nitrogens is 1. The first-order valence-electron chi connectivity index (χ1n) is 5.72. The normalized spacial score (nSPS) is 10.1. The summed E-state index contributed by atoms with van der Waals surface area (Å²) in [5.74, 6) is 0.871. The molecule has 2 aromatic rings. The van der Waals surface area contributed by atoms with Crippen molar-refractivity contribution in [3.05, 3.63) is 45.4 Å². The predicted octanol–water partition coefficient (Wildman–Crippen LogP) is 3.12. The van der Waals surface area contributed by atoms with Crippen LogP contribution in [0.25, 0.3) is 0 Å². The second-order valence-electron chi connectivity index (χ2n) is 3.98. The molecule has 0 amide bonds. The van der Waals surface area contributed by atoms with Crippen molar-refractivity contribution in [1.29, 1.82) is 5.26 Å². The van der Waals surface area contributed by atoms with Crippen LogP contribution in [0.4, 0.5) is 0 Å². The van der Waals surface area contributed by atoms with Gasteiger partial charge in [-0.1, -0.05) is 12.1 Å². The molecule has 0 saturated carbocycles. The first-order valence-corrected chi connectivity index (χ1v) is 6.54. The maximum absolute atomic E-state index is 8.88. The van der Waals surface area contributed by atoms with E-state index in [4.69, 9.17) is 10.00 Å². The van der Waals surface area contributed by atoms with Gasteiger partial charge in [0.1, 0.15) is 16.7 Å². The zero-order valence-corrected chi connectivity index (χ0v) is 11.3. The minimum atomic E-state index is 0.722. The number of hydrogen-bond donors (Lipinski definition) is 0. The largest absolute Gasteiger partial charge is 0.497 e. The van der Waals surface area contributed by atoms with Gasteiger partial charge in [0.25, 0.3) is 0 Å². The first-order chi connectivity index (χ1) is 8.72. The third kappa shape index (κ3) is 2.88. The van der Waals surface area contributed by atoms with Gasteiger partial charge < -0.3 is 4.74 Å². The highest BCUT2D eigenvalue weighted by Gasteiger charge is 2.06.